The number of anilines is 1. The molecule has 0 unspecified atom stereocenters. The third kappa shape index (κ3) is 2.96. The van der Waals surface area contributed by atoms with E-state index in [1.807, 2.05) is 6.07 Å². The van der Waals surface area contributed by atoms with Crippen molar-refractivity contribution in [1.29, 1.82) is 0 Å². The van der Waals surface area contributed by atoms with Gasteiger partial charge in [0.05, 0.1) is 0 Å². The van der Waals surface area contributed by atoms with E-state index in [4.69, 9.17) is 5.73 Å². The summed E-state index contributed by atoms with van der Waals surface area (Å²) in [4.78, 5) is 4.63. The summed E-state index contributed by atoms with van der Waals surface area (Å²) in [6, 6.07) is 5.03. The molecule has 1 fully saturated rings. The van der Waals surface area contributed by atoms with Gasteiger partial charge in [-0.25, -0.2) is 4.39 Å². The number of likely N-dealkylation sites (N-methyl/N-ethyl adjacent to an activating group) is 1. The van der Waals surface area contributed by atoms with Gasteiger partial charge in [0.2, 0.25) is 0 Å². The minimum absolute atomic E-state index is 0.175. The maximum Gasteiger partial charge on any atom is 0.123 e. The first kappa shape index (κ1) is 12.3. The Balaban J connectivity index is 2.18. The van der Waals surface area contributed by atoms with E-state index in [9.17, 15) is 4.39 Å². The molecule has 0 radical (unpaired) electrons. The van der Waals surface area contributed by atoms with Crippen LogP contribution in [0.5, 0.6) is 0 Å². The van der Waals surface area contributed by atoms with Crippen molar-refractivity contribution in [3.63, 3.8) is 0 Å². The first-order chi connectivity index (χ1) is 8.20. The lowest BCUT2D eigenvalue weighted by Crippen LogP contribution is -2.44. The molecule has 0 amide bonds. The van der Waals surface area contributed by atoms with Gasteiger partial charge in [0.1, 0.15) is 5.82 Å². The van der Waals surface area contributed by atoms with Crippen LogP contribution in [0.3, 0.4) is 0 Å². The van der Waals surface area contributed by atoms with Crippen LogP contribution in [0.4, 0.5) is 10.1 Å². The van der Waals surface area contributed by atoms with Crippen molar-refractivity contribution in [2.45, 2.75) is 6.42 Å². The van der Waals surface area contributed by atoms with Gasteiger partial charge >= 0.3 is 0 Å². The second kappa shape index (κ2) is 5.47. The molecule has 1 aromatic carbocycles. The van der Waals surface area contributed by atoms with Gasteiger partial charge in [-0.05, 0) is 43.8 Å². The number of nitrogens with zero attached hydrogens (tertiary/aromatic N) is 2. The lowest BCUT2D eigenvalue weighted by molar-refractivity contribution is 0.312. The van der Waals surface area contributed by atoms with E-state index in [-0.39, 0.29) is 5.82 Å². The minimum atomic E-state index is -0.175. The zero-order chi connectivity index (χ0) is 12.3. The largest absolute Gasteiger partial charge is 0.369 e. The van der Waals surface area contributed by atoms with Crippen molar-refractivity contribution in [3.8, 4) is 0 Å². The van der Waals surface area contributed by atoms with Gasteiger partial charge in [-0.3, -0.25) is 0 Å². The second-order valence-electron chi connectivity index (χ2n) is 4.60. The highest BCUT2D eigenvalue weighted by molar-refractivity contribution is 5.54. The van der Waals surface area contributed by atoms with Crippen molar-refractivity contribution in [3.05, 3.63) is 29.6 Å². The van der Waals surface area contributed by atoms with Crippen LogP contribution in [0.15, 0.2) is 18.2 Å². The first-order valence-electron chi connectivity index (χ1n) is 6.12. The zero-order valence-electron chi connectivity index (χ0n) is 10.3. The molecule has 1 aromatic rings. The molecule has 1 aliphatic heterocycles. The summed E-state index contributed by atoms with van der Waals surface area (Å²) >= 11 is 0. The maximum atomic E-state index is 13.2. The highest BCUT2D eigenvalue weighted by Crippen LogP contribution is 2.23. The molecule has 0 bridgehead atoms. The Labute approximate surface area is 102 Å². The molecule has 17 heavy (non-hydrogen) atoms. The van der Waals surface area contributed by atoms with Gasteiger partial charge in [0, 0.05) is 31.9 Å². The van der Waals surface area contributed by atoms with E-state index in [0.29, 0.717) is 6.54 Å². The fraction of sp³-hybridized carbons (Fsp3) is 0.538. The molecular weight excluding hydrogens is 217 g/mol. The number of halogens is 1. The Hall–Kier alpha value is -1.13. The van der Waals surface area contributed by atoms with Gasteiger partial charge in [-0.1, -0.05) is 0 Å². The van der Waals surface area contributed by atoms with Gasteiger partial charge in [0.15, 0.2) is 0 Å². The average Bonchev–Trinajstić information content (AvgIpc) is 2.31. The summed E-state index contributed by atoms with van der Waals surface area (Å²) in [5.74, 6) is -0.175. The maximum absolute atomic E-state index is 13.2. The summed E-state index contributed by atoms with van der Waals surface area (Å²) in [7, 11) is 2.13. The van der Waals surface area contributed by atoms with Crippen molar-refractivity contribution in [2.75, 3.05) is 44.7 Å². The first-order valence-corrected chi connectivity index (χ1v) is 6.12. The second-order valence-corrected chi connectivity index (χ2v) is 4.60. The predicted molar refractivity (Wildman–Crippen MR) is 68.9 cm³/mol. The smallest absolute Gasteiger partial charge is 0.123 e. The molecule has 4 heteroatoms. The standard InChI is InChI=1S/C13H20FN3/c1-16-6-8-17(9-7-16)13-3-2-12(14)10-11(13)4-5-15/h2-3,10H,4-9,15H2,1H3. The molecule has 2 N–H and O–H groups in total. The van der Waals surface area contributed by atoms with Gasteiger partial charge in [-0.15, -0.1) is 0 Å². The number of hydrogen-bond donors (Lipinski definition) is 1. The topological polar surface area (TPSA) is 32.5 Å². The molecule has 1 saturated heterocycles. The summed E-state index contributed by atoms with van der Waals surface area (Å²) in [5, 5.41) is 0. The predicted octanol–water partition coefficient (Wildman–Crippen LogP) is 1.08. The highest BCUT2D eigenvalue weighted by Gasteiger charge is 2.16. The molecule has 2 rings (SSSR count). The van der Waals surface area contributed by atoms with Crippen LogP contribution in [-0.2, 0) is 6.42 Å². The number of piperazine rings is 1. The minimum Gasteiger partial charge on any atom is -0.369 e. The van der Waals surface area contributed by atoms with Crippen LogP contribution in [0.1, 0.15) is 5.56 Å². The fourth-order valence-electron chi connectivity index (χ4n) is 2.27. The summed E-state index contributed by atoms with van der Waals surface area (Å²) < 4.78 is 13.2. The van der Waals surface area contributed by atoms with Gasteiger partial charge in [0.25, 0.3) is 0 Å². The van der Waals surface area contributed by atoms with Crippen molar-refractivity contribution in [2.24, 2.45) is 5.73 Å². The highest BCUT2D eigenvalue weighted by atomic mass is 19.1. The lowest BCUT2D eigenvalue weighted by atomic mass is 10.1. The van der Waals surface area contributed by atoms with Crippen LogP contribution < -0.4 is 10.6 Å². The summed E-state index contributed by atoms with van der Waals surface area (Å²) in [6.07, 6.45) is 0.736. The molecule has 94 valence electrons. The third-order valence-electron chi connectivity index (χ3n) is 3.30. The number of hydrogen-bond acceptors (Lipinski definition) is 3. The van der Waals surface area contributed by atoms with Crippen LogP contribution in [-0.4, -0.2) is 44.7 Å². The van der Waals surface area contributed by atoms with Crippen LogP contribution in [0.2, 0.25) is 0 Å². The molecule has 1 heterocycles. The van der Waals surface area contributed by atoms with Gasteiger partial charge in [-0.2, -0.15) is 0 Å². The Morgan fingerprint density at radius 1 is 1.24 bits per heavy atom. The summed E-state index contributed by atoms with van der Waals surface area (Å²) in [5.41, 5.74) is 7.75. The van der Waals surface area contributed by atoms with Crippen molar-refractivity contribution < 1.29 is 4.39 Å². The molecule has 0 atom stereocenters. The monoisotopic (exact) mass is 237 g/mol. The number of rotatable bonds is 3. The third-order valence-corrected chi connectivity index (χ3v) is 3.30. The zero-order valence-corrected chi connectivity index (χ0v) is 10.3. The number of nitrogens with two attached hydrogens (primary N) is 1. The Bertz CT molecular complexity index is 373. The molecule has 0 aliphatic carbocycles. The molecule has 0 saturated carbocycles. The van der Waals surface area contributed by atoms with Crippen molar-refractivity contribution >= 4 is 5.69 Å². The van der Waals surface area contributed by atoms with Crippen molar-refractivity contribution in [1.82, 2.24) is 4.90 Å². The van der Waals surface area contributed by atoms with E-state index >= 15 is 0 Å². The van der Waals surface area contributed by atoms with E-state index < -0.39 is 0 Å². The van der Waals surface area contributed by atoms with E-state index in [1.165, 1.54) is 6.07 Å². The SMILES string of the molecule is CN1CCN(c2ccc(F)cc2CCN)CC1. The fourth-order valence-corrected chi connectivity index (χ4v) is 2.27. The molecule has 0 spiro atoms. The summed E-state index contributed by atoms with van der Waals surface area (Å²) in [6.45, 7) is 4.67. The molecule has 0 aromatic heterocycles. The van der Waals surface area contributed by atoms with E-state index in [1.54, 1.807) is 6.07 Å². The van der Waals surface area contributed by atoms with E-state index in [0.717, 1.165) is 43.9 Å². The van der Waals surface area contributed by atoms with Crippen LogP contribution >= 0.6 is 0 Å². The van der Waals surface area contributed by atoms with Crippen LogP contribution in [0.25, 0.3) is 0 Å². The number of benzene rings is 1. The average molecular weight is 237 g/mol. The van der Waals surface area contributed by atoms with Crippen LogP contribution in [0, 0.1) is 5.82 Å². The molecule has 1 aliphatic rings. The van der Waals surface area contributed by atoms with E-state index in [2.05, 4.69) is 16.8 Å². The normalized spacial score (nSPS) is 17.5. The lowest BCUT2D eigenvalue weighted by Gasteiger charge is -2.35. The molecular formula is C13H20FN3. The Morgan fingerprint density at radius 2 is 1.94 bits per heavy atom. The molecule has 3 nitrogen and oxygen atoms in total. The Kier molecular flexibility index (Phi) is 3.97. The quantitative estimate of drug-likeness (QED) is 0.854. The Morgan fingerprint density at radius 3 is 2.59 bits per heavy atom. The van der Waals surface area contributed by atoms with Gasteiger partial charge < -0.3 is 15.5 Å².